The molecule has 5 N–H and O–H groups in total. The number of nitrogens with one attached hydrogen (secondary N) is 2. The minimum Gasteiger partial charge on any atom is -0.387 e. The molecule has 3 aromatic rings. The number of aliphatic hydroxyl groups excluding tert-OH is 1. The lowest BCUT2D eigenvalue weighted by atomic mass is 9.75. The number of carbonyl (C=O) groups is 5. The largest absolute Gasteiger partial charge is 0.387 e. The Morgan fingerprint density at radius 1 is 1.05 bits per heavy atom. The number of hydrogen-bond acceptors (Lipinski definition) is 7. The molecule has 0 bridgehead atoms. The Morgan fingerprint density at radius 3 is 2.43 bits per heavy atom. The predicted molar refractivity (Wildman–Crippen MR) is 225 cm³/mol. The Labute approximate surface area is 351 Å². The van der Waals surface area contributed by atoms with E-state index in [0.717, 1.165) is 23.8 Å². The molecule has 5 amide bonds. The molecule has 2 aliphatic rings. The Morgan fingerprint density at radius 2 is 1.77 bits per heavy atom. The van der Waals surface area contributed by atoms with Gasteiger partial charge in [0.25, 0.3) is 0 Å². The first kappa shape index (κ1) is 45.9. The number of benzene rings is 2. The van der Waals surface area contributed by atoms with Gasteiger partial charge in [-0.2, -0.15) is 0 Å². The molecule has 1 saturated carbocycles. The number of aliphatic hydroxyl groups is 1. The van der Waals surface area contributed by atoms with E-state index in [1.54, 1.807) is 18.3 Å². The predicted octanol–water partition coefficient (Wildman–Crippen LogP) is 5.49. The van der Waals surface area contributed by atoms with Gasteiger partial charge in [0.2, 0.25) is 29.5 Å². The molecule has 2 heterocycles. The van der Waals surface area contributed by atoms with Crippen molar-refractivity contribution >= 4 is 29.5 Å². The van der Waals surface area contributed by atoms with Gasteiger partial charge in [0, 0.05) is 67.6 Å². The highest BCUT2D eigenvalue weighted by Crippen LogP contribution is 2.42. The maximum absolute atomic E-state index is 15.1. The monoisotopic (exact) mass is 830 g/mol. The molecule has 14 heteroatoms. The molecule has 1 unspecified atom stereocenters. The van der Waals surface area contributed by atoms with E-state index in [-0.39, 0.29) is 67.7 Å². The molecular formula is C46H60F2N6O6. The van der Waals surface area contributed by atoms with E-state index in [1.165, 1.54) is 9.80 Å². The van der Waals surface area contributed by atoms with Crippen molar-refractivity contribution in [3.8, 4) is 11.1 Å². The fourth-order valence-corrected chi connectivity index (χ4v) is 8.65. The number of aromatic nitrogens is 1. The highest BCUT2D eigenvalue weighted by atomic mass is 19.1. The molecule has 1 aliphatic heterocycles. The zero-order chi connectivity index (χ0) is 43.9. The zero-order valence-electron chi connectivity index (χ0n) is 35.4. The van der Waals surface area contributed by atoms with E-state index in [0.29, 0.717) is 43.5 Å². The van der Waals surface area contributed by atoms with Gasteiger partial charge in [-0.3, -0.25) is 28.9 Å². The van der Waals surface area contributed by atoms with Gasteiger partial charge in [-0.05, 0) is 72.8 Å². The average Bonchev–Trinajstić information content (AvgIpc) is 3.91. The van der Waals surface area contributed by atoms with E-state index in [2.05, 4.69) is 17.2 Å². The number of nitrogens with zero attached hydrogens (tertiary/aromatic N) is 3. The van der Waals surface area contributed by atoms with Crippen molar-refractivity contribution in [2.75, 3.05) is 26.2 Å². The summed E-state index contributed by atoms with van der Waals surface area (Å²) in [4.78, 5) is 68.5. The Kier molecular flexibility index (Phi) is 14.9. The summed E-state index contributed by atoms with van der Waals surface area (Å²) < 4.78 is 31.4. The summed E-state index contributed by atoms with van der Waals surface area (Å²) >= 11 is 0. The third-order valence-corrected chi connectivity index (χ3v) is 11.9. The molecule has 2 fully saturated rings. The first-order chi connectivity index (χ1) is 28.3. The van der Waals surface area contributed by atoms with E-state index in [4.69, 9.17) is 5.73 Å². The summed E-state index contributed by atoms with van der Waals surface area (Å²) in [6.45, 7) is 13.2. The average molecular weight is 831 g/mol. The zero-order valence-corrected chi connectivity index (χ0v) is 35.4. The van der Waals surface area contributed by atoms with Gasteiger partial charge in [0.05, 0.1) is 18.0 Å². The summed E-state index contributed by atoms with van der Waals surface area (Å²) in [7, 11) is 0. The molecule has 1 saturated heterocycles. The lowest BCUT2D eigenvalue weighted by Crippen LogP contribution is -2.49. The highest BCUT2D eigenvalue weighted by molar-refractivity contribution is 6.04. The van der Waals surface area contributed by atoms with Gasteiger partial charge in [0.1, 0.15) is 18.2 Å². The van der Waals surface area contributed by atoms with Crippen molar-refractivity contribution in [3.05, 3.63) is 96.3 Å². The molecule has 1 aromatic heterocycles. The summed E-state index contributed by atoms with van der Waals surface area (Å²) in [5, 5.41) is 16.0. The molecule has 2 aromatic carbocycles. The van der Waals surface area contributed by atoms with E-state index in [1.807, 2.05) is 69.5 Å². The summed E-state index contributed by atoms with van der Waals surface area (Å²) in [6, 6.07) is 12.5. The van der Waals surface area contributed by atoms with Gasteiger partial charge in [-0.1, -0.05) is 71.0 Å². The molecule has 12 nitrogen and oxygen atoms in total. The molecule has 1 aliphatic carbocycles. The molecule has 0 radical (unpaired) electrons. The van der Waals surface area contributed by atoms with Crippen LogP contribution in [0.1, 0.15) is 90.4 Å². The van der Waals surface area contributed by atoms with Crippen molar-refractivity contribution in [3.63, 3.8) is 0 Å². The van der Waals surface area contributed by atoms with Crippen LogP contribution in [0.4, 0.5) is 8.78 Å². The normalized spacial score (nSPS) is 19.3. The number of nitrogens with two attached hydrogens (primary N) is 1. The van der Waals surface area contributed by atoms with Gasteiger partial charge in [0.15, 0.2) is 0 Å². The fraction of sp³-hybridized carbons (Fsp3) is 0.500. The third kappa shape index (κ3) is 10.9. The summed E-state index contributed by atoms with van der Waals surface area (Å²) in [6.07, 6.45) is 5.72. The molecule has 324 valence electrons. The maximum Gasteiger partial charge on any atom is 0.248 e. The van der Waals surface area contributed by atoms with Gasteiger partial charge < -0.3 is 30.9 Å². The number of hydrogen-bond donors (Lipinski definition) is 4. The van der Waals surface area contributed by atoms with Crippen molar-refractivity contribution in [2.45, 2.75) is 97.8 Å². The lowest BCUT2D eigenvalue weighted by molar-refractivity contribution is -0.141. The smallest absolute Gasteiger partial charge is 0.248 e. The second-order valence-electron chi connectivity index (χ2n) is 17.9. The van der Waals surface area contributed by atoms with Crippen molar-refractivity contribution in [1.29, 1.82) is 0 Å². The third-order valence-electron chi connectivity index (χ3n) is 11.9. The minimum atomic E-state index is -1.03. The number of rotatable bonds is 18. The van der Waals surface area contributed by atoms with Crippen LogP contribution in [0, 0.1) is 34.3 Å². The second-order valence-corrected chi connectivity index (χ2v) is 17.9. The second kappa shape index (κ2) is 19.4. The first-order valence-corrected chi connectivity index (χ1v) is 20.7. The van der Waals surface area contributed by atoms with E-state index in [9.17, 15) is 33.5 Å². The van der Waals surface area contributed by atoms with Crippen molar-refractivity contribution in [2.24, 2.45) is 28.4 Å². The standard InChI is InChI=1S/C46H60F2N6O6/c1-7-18-46(5,6)35-25-39(56)54(44(35)60)21-19-50-42(58)30-13-15-33(22-30)51-43(59)37(49)17-20-53(40(57)28-55)41(45(2,3)4)38-23-31(34-24-32(47)14-16-36(34)48)27-52(38)26-29-11-9-8-10-12-29/h7-12,14,16,23-24,27,30,33,35,37,41,55H,1,13,15,17-22,25-26,28,49H2,2-6H3,(H,50,58)(H,51,59)/t30-,33+,35?,37+,41+/m1/s1. The number of imide groups is 1. The number of halogens is 2. The summed E-state index contributed by atoms with van der Waals surface area (Å²) in [5.74, 6) is -3.75. The van der Waals surface area contributed by atoms with Crippen LogP contribution in [0.2, 0.25) is 0 Å². The Bertz CT molecular complexity index is 2050. The van der Waals surface area contributed by atoms with Gasteiger partial charge >= 0.3 is 0 Å². The van der Waals surface area contributed by atoms with Gasteiger partial charge in [-0.15, -0.1) is 6.58 Å². The van der Waals surface area contributed by atoms with Crippen LogP contribution in [0.25, 0.3) is 11.1 Å². The minimum absolute atomic E-state index is 0.000311. The van der Waals surface area contributed by atoms with Gasteiger partial charge in [-0.25, -0.2) is 8.78 Å². The quantitative estimate of drug-likeness (QED) is 0.0973. The van der Waals surface area contributed by atoms with Crippen LogP contribution in [0.3, 0.4) is 0 Å². The number of likely N-dealkylation sites (tertiary alicyclic amines) is 1. The molecule has 0 spiro atoms. The van der Waals surface area contributed by atoms with Crippen molar-refractivity contribution < 1.29 is 37.9 Å². The van der Waals surface area contributed by atoms with Crippen LogP contribution in [0.5, 0.6) is 0 Å². The SMILES string of the molecule is C=CCC(C)(C)C1CC(=O)N(CCNC(=O)[C@@H]2CC[C@H](NC(=O)[C@@H](N)CCN(C(=O)CO)[C@@H](c3cc(-c4cc(F)ccc4F)cn3Cc3ccccc3)C(C)(C)C)C2)C1=O. The highest BCUT2D eigenvalue weighted by Gasteiger charge is 2.46. The van der Waals surface area contributed by atoms with E-state index < -0.39 is 58.9 Å². The number of carbonyl (C=O) groups excluding carboxylic acids is 5. The van der Waals surface area contributed by atoms with Crippen LogP contribution in [0.15, 0.2) is 73.4 Å². The van der Waals surface area contributed by atoms with E-state index >= 15 is 4.39 Å². The molecule has 5 rings (SSSR count). The fourth-order valence-electron chi connectivity index (χ4n) is 8.65. The van der Waals surface area contributed by atoms with Crippen LogP contribution < -0.4 is 16.4 Å². The molecular weight excluding hydrogens is 771 g/mol. The Hall–Kier alpha value is -5.21. The van der Waals surface area contributed by atoms with Crippen molar-refractivity contribution in [1.82, 2.24) is 25.0 Å². The number of amides is 5. The molecule has 60 heavy (non-hydrogen) atoms. The number of allylic oxidation sites excluding steroid dienone is 1. The van der Waals surface area contributed by atoms with Crippen LogP contribution in [-0.2, 0) is 30.5 Å². The summed E-state index contributed by atoms with van der Waals surface area (Å²) in [5.41, 5.74) is 7.42. The Balaban J connectivity index is 1.22. The van der Waals surface area contributed by atoms with Crippen LogP contribution in [-0.4, -0.2) is 87.3 Å². The lowest BCUT2D eigenvalue weighted by Gasteiger charge is -2.41. The molecule has 5 atom stereocenters. The topological polar surface area (TPSA) is 167 Å². The first-order valence-electron chi connectivity index (χ1n) is 20.7. The van der Waals surface area contributed by atoms with Crippen LogP contribution >= 0.6 is 0 Å². The maximum atomic E-state index is 15.1.